The zero-order valence-electron chi connectivity index (χ0n) is 14.1. The van der Waals surface area contributed by atoms with Gasteiger partial charge < -0.3 is 15.3 Å². The van der Waals surface area contributed by atoms with Gasteiger partial charge in [-0.25, -0.2) is 0 Å². The quantitative estimate of drug-likeness (QED) is 0.773. The van der Waals surface area contributed by atoms with E-state index in [4.69, 9.17) is 5.73 Å². The molecule has 0 aliphatic carbocycles. The molecule has 0 fully saturated rings. The molecule has 0 radical (unpaired) electrons. The van der Waals surface area contributed by atoms with Crippen molar-refractivity contribution in [2.45, 2.75) is 33.7 Å². The molecule has 0 bridgehead atoms. The number of nitrogens with one attached hydrogen (secondary N) is 1. The van der Waals surface area contributed by atoms with Crippen LogP contribution in [0.3, 0.4) is 0 Å². The lowest BCUT2D eigenvalue weighted by atomic mass is 9.91. The fraction of sp³-hybridized carbons (Fsp3) is 0.263. The van der Waals surface area contributed by atoms with Gasteiger partial charge in [-0.05, 0) is 49.1 Å². The Labute approximate surface area is 140 Å². The van der Waals surface area contributed by atoms with Gasteiger partial charge in [-0.1, -0.05) is 13.0 Å². The Kier molecular flexibility index (Phi) is 4.01. The smallest absolute Gasteiger partial charge is 0.274 e. The van der Waals surface area contributed by atoms with E-state index >= 15 is 0 Å². The van der Waals surface area contributed by atoms with Gasteiger partial charge in [0.25, 0.3) is 5.56 Å². The number of nitrogens with zero attached hydrogens (tertiary/aromatic N) is 1. The molecule has 24 heavy (non-hydrogen) atoms. The molecule has 1 aromatic carbocycles. The van der Waals surface area contributed by atoms with E-state index in [1.54, 1.807) is 16.8 Å². The largest absolute Gasteiger partial charge is 0.366 e. The zero-order valence-corrected chi connectivity index (χ0v) is 14.1. The first-order valence-corrected chi connectivity index (χ1v) is 8.06. The van der Waals surface area contributed by atoms with Crippen molar-refractivity contribution in [2.75, 3.05) is 0 Å². The molecule has 2 aromatic heterocycles. The highest BCUT2D eigenvalue weighted by Gasteiger charge is 2.17. The van der Waals surface area contributed by atoms with E-state index in [0.717, 1.165) is 34.1 Å². The molecule has 1 amide bonds. The summed E-state index contributed by atoms with van der Waals surface area (Å²) in [5, 5.41) is 0.861. The number of primary amides is 1. The molecule has 5 heteroatoms. The van der Waals surface area contributed by atoms with E-state index in [-0.39, 0.29) is 5.56 Å². The predicted octanol–water partition coefficient (Wildman–Crippen LogP) is 3.12. The molecule has 2 heterocycles. The van der Waals surface area contributed by atoms with Gasteiger partial charge in [-0.15, -0.1) is 0 Å². The summed E-state index contributed by atoms with van der Waals surface area (Å²) < 4.78 is 1.73. The summed E-state index contributed by atoms with van der Waals surface area (Å²) in [6, 6.07) is 5.56. The van der Waals surface area contributed by atoms with Crippen molar-refractivity contribution in [2.24, 2.45) is 5.73 Å². The van der Waals surface area contributed by atoms with Crippen molar-refractivity contribution in [3.05, 3.63) is 57.6 Å². The summed E-state index contributed by atoms with van der Waals surface area (Å²) in [6.07, 6.45) is 4.53. The predicted molar refractivity (Wildman–Crippen MR) is 96.3 cm³/mol. The third-order valence-corrected chi connectivity index (χ3v) is 4.47. The number of rotatable bonds is 4. The van der Waals surface area contributed by atoms with Crippen LogP contribution >= 0.6 is 0 Å². The Hall–Kier alpha value is -2.82. The minimum absolute atomic E-state index is 0.0260. The van der Waals surface area contributed by atoms with Crippen LogP contribution < -0.4 is 11.3 Å². The molecule has 3 aromatic rings. The van der Waals surface area contributed by atoms with Gasteiger partial charge in [0.05, 0.1) is 0 Å². The number of fused-ring (bicyclic) bond motifs is 1. The summed E-state index contributed by atoms with van der Waals surface area (Å²) in [4.78, 5) is 27.3. The van der Waals surface area contributed by atoms with Gasteiger partial charge in [0.1, 0.15) is 5.52 Å². The van der Waals surface area contributed by atoms with Gasteiger partial charge in [0, 0.05) is 35.5 Å². The topological polar surface area (TPSA) is 80.9 Å². The number of aromatic amines is 1. The van der Waals surface area contributed by atoms with E-state index in [9.17, 15) is 9.59 Å². The van der Waals surface area contributed by atoms with Crippen LogP contribution in [0, 0.1) is 13.8 Å². The average molecular weight is 323 g/mol. The zero-order chi connectivity index (χ0) is 17.4. The van der Waals surface area contributed by atoms with Gasteiger partial charge in [0.2, 0.25) is 5.91 Å². The summed E-state index contributed by atoms with van der Waals surface area (Å²) in [5.74, 6) is -0.444. The number of hydrogen-bond acceptors (Lipinski definition) is 2. The number of H-pyrrole nitrogens is 1. The number of carbonyl (C=O) groups excluding carboxylic acids is 1. The number of nitrogens with two attached hydrogens (primary N) is 1. The van der Waals surface area contributed by atoms with Gasteiger partial charge in [-0.2, -0.15) is 0 Å². The number of pyridine rings is 1. The van der Waals surface area contributed by atoms with Gasteiger partial charge >= 0.3 is 0 Å². The van der Waals surface area contributed by atoms with Crippen molar-refractivity contribution < 1.29 is 4.79 Å². The third-order valence-electron chi connectivity index (χ3n) is 4.47. The molecule has 3 rings (SSSR count). The van der Waals surface area contributed by atoms with Crippen molar-refractivity contribution in [3.8, 4) is 11.1 Å². The highest BCUT2D eigenvalue weighted by Crippen LogP contribution is 2.33. The molecule has 3 N–H and O–H groups in total. The Bertz CT molecular complexity index is 996. The maximum Gasteiger partial charge on any atom is 0.274 e. The number of benzene rings is 1. The van der Waals surface area contributed by atoms with Crippen LogP contribution in [0.1, 0.15) is 34.8 Å². The van der Waals surface area contributed by atoms with Crippen LogP contribution in [-0.2, 0) is 6.54 Å². The maximum absolute atomic E-state index is 12.6. The first-order chi connectivity index (χ1) is 11.5. The second-order valence-corrected chi connectivity index (χ2v) is 6.10. The van der Waals surface area contributed by atoms with Crippen LogP contribution in [0.25, 0.3) is 22.0 Å². The molecular formula is C19H21N3O2. The molecule has 0 aliphatic heterocycles. The van der Waals surface area contributed by atoms with Crippen molar-refractivity contribution in [1.82, 2.24) is 9.55 Å². The SMILES string of the molecule is CCCn1cc(-c2c(C)ccc(C(N)=O)c2C)c2cc[nH]c2c1=O. The van der Waals surface area contributed by atoms with Crippen molar-refractivity contribution in [3.63, 3.8) is 0 Å². The first-order valence-electron chi connectivity index (χ1n) is 8.06. The number of aromatic nitrogens is 2. The maximum atomic E-state index is 12.6. The average Bonchev–Trinajstić information content (AvgIpc) is 3.01. The lowest BCUT2D eigenvalue weighted by Gasteiger charge is -2.16. The van der Waals surface area contributed by atoms with E-state index < -0.39 is 5.91 Å². The molecule has 0 aliphatic rings. The molecule has 0 spiro atoms. The van der Waals surface area contributed by atoms with Crippen LogP contribution in [0.5, 0.6) is 0 Å². The Balaban J connectivity index is 2.41. The number of carbonyl (C=O) groups is 1. The molecule has 5 nitrogen and oxygen atoms in total. The van der Waals surface area contributed by atoms with Crippen LogP contribution in [-0.4, -0.2) is 15.5 Å². The van der Waals surface area contributed by atoms with Gasteiger partial charge in [-0.3, -0.25) is 9.59 Å². The minimum atomic E-state index is -0.444. The molecule has 0 saturated carbocycles. The number of hydrogen-bond donors (Lipinski definition) is 2. The second kappa shape index (κ2) is 6.00. The number of aryl methyl sites for hydroxylation is 2. The van der Waals surface area contributed by atoms with Crippen molar-refractivity contribution in [1.29, 1.82) is 0 Å². The normalized spacial score (nSPS) is 11.1. The molecule has 0 saturated heterocycles. The highest BCUT2D eigenvalue weighted by atomic mass is 16.1. The van der Waals surface area contributed by atoms with Crippen LogP contribution in [0.4, 0.5) is 0 Å². The number of amides is 1. The lowest BCUT2D eigenvalue weighted by Crippen LogP contribution is -2.20. The monoisotopic (exact) mass is 323 g/mol. The Morgan fingerprint density at radius 3 is 2.67 bits per heavy atom. The fourth-order valence-electron chi connectivity index (χ4n) is 3.33. The van der Waals surface area contributed by atoms with Crippen molar-refractivity contribution >= 4 is 16.8 Å². The summed E-state index contributed by atoms with van der Waals surface area (Å²) >= 11 is 0. The summed E-state index contributed by atoms with van der Waals surface area (Å²) in [7, 11) is 0. The first kappa shape index (κ1) is 16.1. The van der Waals surface area contributed by atoms with Gasteiger partial charge in [0.15, 0.2) is 0 Å². The van der Waals surface area contributed by atoms with E-state index in [0.29, 0.717) is 17.6 Å². The summed E-state index contributed by atoms with van der Waals surface area (Å²) in [5.41, 5.74) is 10.4. The molecule has 124 valence electrons. The van der Waals surface area contributed by atoms with E-state index in [1.165, 1.54) is 0 Å². The minimum Gasteiger partial charge on any atom is -0.366 e. The Morgan fingerprint density at radius 2 is 2.00 bits per heavy atom. The molecule has 0 atom stereocenters. The van der Waals surface area contributed by atoms with Crippen LogP contribution in [0.15, 0.2) is 35.4 Å². The van der Waals surface area contributed by atoms with E-state index in [1.807, 2.05) is 39.1 Å². The van der Waals surface area contributed by atoms with Crippen LogP contribution in [0.2, 0.25) is 0 Å². The molecular weight excluding hydrogens is 302 g/mol. The fourth-order valence-corrected chi connectivity index (χ4v) is 3.33. The van der Waals surface area contributed by atoms with E-state index in [2.05, 4.69) is 4.98 Å². The standard InChI is InChI=1S/C19H21N3O2/c1-4-9-22-10-15(14-7-8-21-17(14)19(22)24)16-11(2)5-6-13(12(16)3)18(20)23/h5-8,10,21H,4,9H2,1-3H3,(H2,20,23). The summed E-state index contributed by atoms with van der Waals surface area (Å²) in [6.45, 7) is 6.58. The molecule has 0 unspecified atom stereocenters. The Morgan fingerprint density at radius 1 is 1.25 bits per heavy atom. The highest BCUT2D eigenvalue weighted by molar-refractivity contribution is 6.00. The second-order valence-electron chi connectivity index (χ2n) is 6.10. The third kappa shape index (κ3) is 2.42. The lowest BCUT2D eigenvalue weighted by molar-refractivity contribution is 0.1000.